The molecule has 0 radical (unpaired) electrons. The molecule has 0 saturated heterocycles. The van der Waals surface area contributed by atoms with Gasteiger partial charge in [0.15, 0.2) is 0 Å². The van der Waals surface area contributed by atoms with E-state index in [1.54, 1.807) is 48.0 Å². The largest absolute Gasteiger partial charge is 0.478 e. The molecule has 9 heteroatoms. The lowest BCUT2D eigenvalue weighted by Crippen LogP contribution is -2.40. The van der Waals surface area contributed by atoms with Crippen LogP contribution in [0.15, 0.2) is 70.4 Å². The fourth-order valence-electron chi connectivity index (χ4n) is 3.57. The highest BCUT2D eigenvalue weighted by Crippen LogP contribution is 2.24. The number of aromatic nitrogens is 4. The quantitative estimate of drug-likeness (QED) is 0.533. The summed E-state index contributed by atoms with van der Waals surface area (Å²) in [5.74, 6) is -1.12. The smallest absolute Gasteiger partial charge is 0.335 e. The highest BCUT2D eigenvalue weighted by molar-refractivity contribution is 5.88. The molecule has 0 saturated carbocycles. The predicted octanol–water partition coefficient (Wildman–Crippen LogP) is 2.27. The van der Waals surface area contributed by atoms with Gasteiger partial charge in [0, 0.05) is 12.7 Å². The molecule has 9 nitrogen and oxygen atoms in total. The van der Waals surface area contributed by atoms with Crippen LogP contribution in [0.4, 0.5) is 0 Å². The highest BCUT2D eigenvalue weighted by atomic mass is 16.4. The van der Waals surface area contributed by atoms with Crippen molar-refractivity contribution in [2.75, 3.05) is 0 Å². The normalized spacial score (nSPS) is 10.7. The Bertz CT molecular complexity index is 1520. The topological polar surface area (TPSA) is 123 Å². The van der Waals surface area contributed by atoms with E-state index in [-0.39, 0.29) is 11.1 Å². The number of benzene rings is 2. The summed E-state index contributed by atoms with van der Waals surface area (Å²) in [6.45, 7) is 1.63. The van der Waals surface area contributed by atoms with Crippen molar-refractivity contribution in [3.8, 4) is 28.7 Å². The number of carboxylic acid groups (broad SMARTS) is 1. The minimum Gasteiger partial charge on any atom is -0.478 e. The van der Waals surface area contributed by atoms with E-state index in [1.165, 1.54) is 36.0 Å². The molecule has 1 N–H and O–H groups in total. The van der Waals surface area contributed by atoms with Crippen molar-refractivity contribution in [3.05, 3.63) is 98.5 Å². The molecular weight excluding hydrogens is 410 g/mol. The van der Waals surface area contributed by atoms with E-state index in [0.29, 0.717) is 28.3 Å². The van der Waals surface area contributed by atoms with Crippen LogP contribution in [-0.4, -0.2) is 30.0 Å². The Morgan fingerprint density at radius 1 is 1.06 bits per heavy atom. The Morgan fingerprint density at radius 3 is 2.44 bits per heavy atom. The predicted molar refractivity (Wildman–Crippen MR) is 116 cm³/mol. The molecule has 0 bridgehead atoms. The molecular formula is C23H17N5O4. The summed E-state index contributed by atoms with van der Waals surface area (Å²) in [6, 6.07) is 16.4. The number of nitriles is 1. The number of rotatable bonds is 4. The van der Waals surface area contributed by atoms with Crippen molar-refractivity contribution < 1.29 is 9.90 Å². The first-order chi connectivity index (χ1) is 15.3. The number of hydrogen-bond acceptors (Lipinski definition) is 5. The van der Waals surface area contributed by atoms with Crippen LogP contribution in [-0.2, 0) is 7.05 Å². The Morgan fingerprint density at radius 2 is 1.78 bits per heavy atom. The van der Waals surface area contributed by atoms with Crippen molar-refractivity contribution in [2.45, 2.75) is 6.92 Å². The van der Waals surface area contributed by atoms with Gasteiger partial charge in [0.1, 0.15) is 0 Å². The second kappa shape index (κ2) is 7.85. The third kappa shape index (κ3) is 3.30. The van der Waals surface area contributed by atoms with E-state index in [2.05, 4.69) is 11.2 Å². The van der Waals surface area contributed by atoms with E-state index in [0.717, 1.165) is 4.57 Å². The molecule has 0 aliphatic carbocycles. The average Bonchev–Trinajstić information content (AvgIpc) is 3.27. The first-order valence-electron chi connectivity index (χ1n) is 9.54. The third-order valence-corrected chi connectivity index (χ3v) is 5.19. The third-order valence-electron chi connectivity index (χ3n) is 5.19. The summed E-state index contributed by atoms with van der Waals surface area (Å²) >= 11 is 0. The second-order valence-corrected chi connectivity index (χ2v) is 7.08. The van der Waals surface area contributed by atoms with Crippen LogP contribution < -0.4 is 11.2 Å². The van der Waals surface area contributed by atoms with Crippen LogP contribution in [0.3, 0.4) is 0 Å². The standard InChI is InChI=1S/C23H17N5O4/c1-14-20(19-10-11-25-28(19)17-8-6-15(13-24)7-9-17)21(29)26(2)23(32)27(14)18-5-3-4-16(12-18)22(30)31/h3-12H,1-2H3,(H,30,31). The van der Waals surface area contributed by atoms with E-state index >= 15 is 0 Å². The molecule has 2 aromatic carbocycles. The lowest BCUT2D eigenvalue weighted by molar-refractivity contribution is 0.0697. The summed E-state index contributed by atoms with van der Waals surface area (Å²) in [6.07, 6.45) is 1.53. The van der Waals surface area contributed by atoms with Gasteiger partial charge in [0.25, 0.3) is 5.56 Å². The van der Waals surface area contributed by atoms with Crippen LogP contribution in [0.25, 0.3) is 22.6 Å². The zero-order valence-electron chi connectivity index (χ0n) is 17.2. The molecule has 0 amide bonds. The van der Waals surface area contributed by atoms with Gasteiger partial charge in [-0.3, -0.25) is 13.9 Å². The van der Waals surface area contributed by atoms with Gasteiger partial charge in [-0.15, -0.1) is 0 Å². The van der Waals surface area contributed by atoms with Gasteiger partial charge in [-0.05, 0) is 55.5 Å². The van der Waals surface area contributed by atoms with Crippen molar-refractivity contribution >= 4 is 5.97 Å². The van der Waals surface area contributed by atoms with Crippen LogP contribution in [0.2, 0.25) is 0 Å². The molecule has 0 spiro atoms. The second-order valence-electron chi connectivity index (χ2n) is 7.08. The Labute approximate surface area is 181 Å². The summed E-state index contributed by atoms with van der Waals surface area (Å²) in [5, 5.41) is 22.7. The lowest BCUT2D eigenvalue weighted by Gasteiger charge is -2.17. The zero-order chi connectivity index (χ0) is 23.0. The lowest BCUT2D eigenvalue weighted by atomic mass is 10.1. The molecule has 4 aromatic rings. The van der Waals surface area contributed by atoms with Crippen LogP contribution in [0, 0.1) is 18.3 Å². The fraction of sp³-hybridized carbons (Fsp3) is 0.0870. The van der Waals surface area contributed by atoms with Crippen molar-refractivity contribution in [3.63, 3.8) is 0 Å². The number of hydrogen-bond donors (Lipinski definition) is 1. The average molecular weight is 427 g/mol. The highest BCUT2D eigenvalue weighted by Gasteiger charge is 2.21. The van der Waals surface area contributed by atoms with E-state index in [4.69, 9.17) is 5.26 Å². The summed E-state index contributed by atoms with van der Waals surface area (Å²) in [5.41, 5.74) is 1.41. The molecule has 0 unspecified atom stereocenters. The first kappa shape index (κ1) is 20.6. The van der Waals surface area contributed by atoms with Gasteiger partial charge in [-0.25, -0.2) is 14.3 Å². The SMILES string of the molecule is Cc1c(-c2ccnn2-c2ccc(C#N)cc2)c(=O)n(C)c(=O)n1-c1cccc(C(=O)O)c1. The van der Waals surface area contributed by atoms with Crippen molar-refractivity contribution in [2.24, 2.45) is 7.05 Å². The maximum absolute atomic E-state index is 13.1. The molecule has 0 fully saturated rings. The number of carbonyl (C=O) groups is 1. The fourth-order valence-corrected chi connectivity index (χ4v) is 3.57. The minimum absolute atomic E-state index is 0.0202. The molecule has 2 aromatic heterocycles. The van der Waals surface area contributed by atoms with Crippen LogP contribution in [0.1, 0.15) is 21.6 Å². The molecule has 2 heterocycles. The van der Waals surface area contributed by atoms with E-state index < -0.39 is 17.2 Å². The molecule has 0 aliphatic rings. The summed E-state index contributed by atoms with van der Waals surface area (Å²) in [4.78, 5) is 37.5. The van der Waals surface area contributed by atoms with Gasteiger partial charge in [-0.1, -0.05) is 6.07 Å². The monoisotopic (exact) mass is 427 g/mol. The summed E-state index contributed by atoms with van der Waals surface area (Å²) in [7, 11) is 1.37. The number of aromatic carboxylic acids is 1. The van der Waals surface area contributed by atoms with Crippen LogP contribution in [0.5, 0.6) is 0 Å². The van der Waals surface area contributed by atoms with Gasteiger partial charge < -0.3 is 5.11 Å². The zero-order valence-corrected chi connectivity index (χ0v) is 17.2. The van der Waals surface area contributed by atoms with Gasteiger partial charge in [-0.2, -0.15) is 10.4 Å². The van der Waals surface area contributed by atoms with Crippen LogP contribution >= 0.6 is 0 Å². The van der Waals surface area contributed by atoms with Gasteiger partial charge in [0.2, 0.25) is 0 Å². The maximum atomic E-state index is 13.1. The van der Waals surface area contributed by atoms with E-state index in [9.17, 15) is 19.5 Å². The summed E-state index contributed by atoms with van der Waals surface area (Å²) < 4.78 is 3.83. The Balaban J connectivity index is 1.99. The molecule has 32 heavy (non-hydrogen) atoms. The Kier molecular flexibility index (Phi) is 5.04. The minimum atomic E-state index is -1.12. The number of carboxylic acids is 1. The van der Waals surface area contributed by atoms with E-state index in [1.807, 2.05) is 0 Å². The molecule has 4 rings (SSSR count). The van der Waals surface area contributed by atoms with Gasteiger partial charge in [0.05, 0.1) is 46.0 Å². The maximum Gasteiger partial charge on any atom is 0.335 e. The Hall–Kier alpha value is -4.71. The van der Waals surface area contributed by atoms with Crippen molar-refractivity contribution in [1.82, 2.24) is 18.9 Å². The molecule has 0 atom stereocenters. The number of nitrogens with zero attached hydrogens (tertiary/aromatic N) is 5. The molecule has 0 aliphatic heterocycles. The van der Waals surface area contributed by atoms with Crippen molar-refractivity contribution in [1.29, 1.82) is 5.26 Å². The first-order valence-corrected chi connectivity index (χ1v) is 9.54. The van der Waals surface area contributed by atoms with Gasteiger partial charge >= 0.3 is 11.7 Å². The molecule has 158 valence electrons.